The Balaban J connectivity index is 1.28. The Morgan fingerprint density at radius 3 is 2.90 bits per heavy atom. The minimum absolute atomic E-state index is 0.0262. The Labute approximate surface area is 173 Å². The van der Waals surface area contributed by atoms with Crippen LogP contribution in [0.3, 0.4) is 0 Å². The lowest BCUT2D eigenvalue weighted by Gasteiger charge is -2.26. The van der Waals surface area contributed by atoms with Gasteiger partial charge in [-0.2, -0.15) is 5.10 Å². The molecule has 148 valence electrons. The monoisotopic (exact) mass is 409 g/mol. The van der Waals surface area contributed by atoms with Crippen LogP contribution in [0.2, 0.25) is 5.02 Å². The predicted molar refractivity (Wildman–Crippen MR) is 109 cm³/mol. The molecule has 2 unspecified atom stereocenters. The van der Waals surface area contributed by atoms with Crippen molar-refractivity contribution in [1.29, 1.82) is 0 Å². The molecule has 2 atom stereocenters. The number of aryl methyl sites for hydroxylation is 1. The minimum atomic E-state index is -0.240. The summed E-state index contributed by atoms with van der Waals surface area (Å²) < 4.78 is 13.6. The molecular formula is C22H20ClN3O3. The van der Waals surface area contributed by atoms with Gasteiger partial charge >= 0.3 is 0 Å². The highest BCUT2D eigenvalue weighted by molar-refractivity contribution is 6.31. The summed E-state index contributed by atoms with van der Waals surface area (Å²) >= 11 is 6.27. The van der Waals surface area contributed by atoms with Crippen LogP contribution in [-0.4, -0.2) is 28.3 Å². The first-order valence-corrected chi connectivity index (χ1v) is 10.1. The molecule has 0 radical (unpaired) electrons. The number of hydrogen-bond acceptors (Lipinski definition) is 4. The van der Waals surface area contributed by atoms with Gasteiger partial charge in [-0.05, 0) is 17.7 Å². The number of aromatic nitrogens is 2. The first-order valence-electron chi connectivity index (χ1n) is 9.68. The number of carbonyl (C=O) groups excluding carboxylic acids is 1. The molecule has 7 heteroatoms. The van der Waals surface area contributed by atoms with Crippen molar-refractivity contribution < 1.29 is 14.3 Å². The number of rotatable bonds is 3. The summed E-state index contributed by atoms with van der Waals surface area (Å²) in [5.74, 6) is 1.15. The van der Waals surface area contributed by atoms with Crippen molar-refractivity contribution in [2.24, 2.45) is 0 Å². The molecule has 0 saturated carbocycles. The summed E-state index contributed by atoms with van der Waals surface area (Å²) in [5.41, 5.74) is 2.39. The minimum Gasteiger partial charge on any atom is -0.491 e. The van der Waals surface area contributed by atoms with E-state index in [1.165, 1.54) is 0 Å². The Morgan fingerprint density at radius 1 is 1.17 bits per heavy atom. The van der Waals surface area contributed by atoms with Crippen molar-refractivity contribution in [3.8, 4) is 11.6 Å². The number of nitrogens with zero attached hydrogens (tertiary/aromatic N) is 2. The summed E-state index contributed by atoms with van der Waals surface area (Å²) in [6.45, 7) is 1.11. The molecule has 2 aromatic carbocycles. The lowest BCUT2D eigenvalue weighted by atomic mass is 10.0. The van der Waals surface area contributed by atoms with Crippen LogP contribution in [0.25, 0.3) is 0 Å². The van der Waals surface area contributed by atoms with E-state index >= 15 is 0 Å². The largest absolute Gasteiger partial charge is 0.491 e. The maximum absolute atomic E-state index is 12.7. The zero-order valence-corrected chi connectivity index (χ0v) is 16.4. The molecular weight excluding hydrogens is 390 g/mol. The fraction of sp³-hybridized carbons (Fsp3) is 0.273. The first-order chi connectivity index (χ1) is 14.2. The highest BCUT2D eigenvalue weighted by Gasteiger charge is 2.27. The Morgan fingerprint density at radius 2 is 2.03 bits per heavy atom. The molecule has 3 heterocycles. The molecule has 0 spiro atoms. The standard InChI is InChI=1S/C22H20ClN3O3/c23-17-7-4-8-20-16(17)11-15(13-28-20)24-22(27)18-12-21-26(25-18)10-9-19(29-21)14-5-2-1-3-6-14/h1-8,12,15,19H,9-11,13H2,(H,24,27). The molecule has 2 aliphatic rings. The number of nitrogens with one attached hydrogen (secondary N) is 1. The van der Waals surface area contributed by atoms with Gasteiger partial charge in [0.25, 0.3) is 5.91 Å². The number of ether oxygens (including phenoxy) is 2. The van der Waals surface area contributed by atoms with Gasteiger partial charge in [0.2, 0.25) is 5.88 Å². The highest BCUT2D eigenvalue weighted by Crippen LogP contribution is 2.32. The molecule has 0 saturated heterocycles. The van der Waals surface area contributed by atoms with E-state index in [4.69, 9.17) is 21.1 Å². The van der Waals surface area contributed by atoms with E-state index in [0.29, 0.717) is 36.2 Å². The maximum Gasteiger partial charge on any atom is 0.272 e. The SMILES string of the molecule is O=C(NC1COc2cccc(Cl)c2C1)c1cc2n(n1)CCC(c1ccccc1)O2. The van der Waals surface area contributed by atoms with Crippen LogP contribution in [0, 0.1) is 0 Å². The van der Waals surface area contributed by atoms with Crippen LogP contribution in [0.4, 0.5) is 0 Å². The van der Waals surface area contributed by atoms with Gasteiger partial charge in [0.1, 0.15) is 18.5 Å². The average Bonchev–Trinajstić information content (AvgIpc) is 3.19. The Hall–Kier alpha value is -2.99. The van der Waals surface area contributed by atoms with Gasteiger partial charge in [0.05, 0.1) is 6.04 Å². The first kappa shape index (κ1) is 18.1. The molecule has 0 bridgehead atoms. The van der Waals surface area contributed by atoms with Crippen LogP contribution < -0.4 is 14.8 Å². The van der Waals surface area contributed by atoms with E-state index in [-0.39, 0.29) is 18.1 Å². The molecule has 1 N–H and O–H groups in total. The second-order valence-corrected chi connectivity index (χ2v) is 7.71. The normalized spacial score (nSPS) is 20.0. The third-order valence-corrected chi connectivity index (χ3v) is 5.67. The van der Waals surface area contributed by atoms with E-state index in [0.717, 1.165) is 23.3 Å². The van der Waals surface area contributed by atoms with Crippen LogP contribution in [-0.2, 0) is 13.0 Å². The summed E-state index contributed by atoms with van der Waals surface area (Å²) in [7, 11) is 0. The number of benzene rings is 2. The van der Waals surface area contributed by atoms with Crippen LogP contribution >= 0.6 is 11.6 Å². The summed E-state index contributed by atoms with van der Waals surface area (Å²) in [5, 5.41) is 8.07. The van der Waals surface area contributed by atoms with E-state index in [2.05, 4.69) is 22.5 Å². The van der Waals surface area contributed by atoms with Gasteiger partial charge in [-0.25, -0.2) is 4.68 Å². The van der Waals surface area contributed by atoms with Gasteiger partial charge in [-0.3, -0.25) is 4.79 Å². The zero-order valence-electron chi connectivity index (χ0n) is 15.7. The fourth-order valence-corrected chi connectivity index (χ4v) is 4.08. The molecule has 1 aromatic heterocycles. The number of carbonyl (C=O) groups is 1. The zero-order chi connectivity index (χ0) is 19.8. The average molecular weight is 410 g/mol. The predicted octanol–water partition coefficient (Wildman–Crippen LogP) is 3.79. The lowest BCUT2D eigenvalue weighted by molar-refractivity contribution is 0.0909. The molecule has 5 rings (SSSR count). The molecule has 29 heavy (non-hydrogen) atoms. The Bertz CT molecular complexity index is 1050. The third kappa shape index (κ3) is 3.56. The van der Waals surface area contributed by atoms with Crippen molar-refractivity contribution in [1.82, 2.24) is 15.1 Å². The van der Waals surface area contributed by atoms with Gasteiger partial charge in [-0.1, -0.05) is 48.0 Å². The number of halogens is 1. The molecule has 2 aliphatic heterocycles. The summed E-state index contributed by atoms with van der Waals surface area (Å²) in [6, 6.07) is 17.2. The lowest BCUT2D eigenvalue weighted by Crippen LogP contribution is -2.43. The van der Waals surface area contributed by atoms with Gasteiger partial charge in [-0.15, -0.1) is 0 Å². The fourth-order valence-electron chi connectivity index (χ4n) is 3.83. The van der Waals surface area contributed by atoms with Crippen molar-refractivity contribution in [3.05, 3.63) is 76.4 Å². The third-order valence-electron chi connectivity index (χ3n) is 5.31. The van der Waals surface area contributed by atoms with Crippen molar-refractivity contribution in [2.75, 3.05) is 6.61 Å². The summed E-state index contributed by atoms with van der Waals surface area (Å²) in [4.78, 5) is 12.7. The number of hydrogen-bond donors (Lipinski definition) is 1. The summed E-state index contributed by atoms with van der Waals surface area (Å²) in [6.07, 6.45) is 1.41. The molecule has 0 aliphatic carbocycles. The quantitative estimate of drug-likeness (QED) is 0.714. The van der Waals surface area contributed by atoms with E-state index in [1.54, 1.807) is 10.7 Å². The van der Waals surface area contributed by atoms with Gasteiger partial charge < -0.3 is 14.8 Å². The topological polar surface area (TPSA) is 65.4 Å². The number of amides is 1. The Kier molecular flexibility index (Phi) is 4.64. The van der Waals surface area contributed by atoms with Gasteiger partial charge in [0, 0.05) is 36.0 Å². The second kappa shape index (κ2) is 7.44. The van der Waals surface area contributed by atoms with E-state index < -0.39 is 0 Å². The van der Waals surface area contributed by atoms with Crippen LogP contribution in [0.1, 0.15) is 34.1 Å². The van der Waals surface area contributed by atoms with E-state index in [1.807, 2.05) is 36.4 Å². The highest BCUT2D eigenvalue weighted by atomic mass is 35.5. The second-order valence-electron chi connectivity index (χ2n) is 7.30. The van der Waals surface area contributed by atoms with Gasteiger partial charge in [0.15, 0.2) is 5.69 Å². The van der Waals surface area contributed by atoms with Crippen LogP contribution in [0.5, 0.6) is 11.6 Å². The molecule has 6 nitrogen and oxygen atoms in total. The smallest absolute Gasteiger partial charge is 0.272 e. The van der Waals surface area contributed by atoms with Crippen LogP contribution in [0.15, 0.2) is 54.6 Å². The maximum atomic E-state index is 12.7. The van der Waals surface area contributed by atoms with E-state index in [9.17, 15) is 4.79 Å². The van der Waals surface area contributed by atoms with Crippen molar-refractivity contribution >= 4 is 17.5 Å². The molecule has 0 fully saturated rings. The molecule has 1 amide bonds. The van der Waals surface area contributed by atoms with Crippen molar-refractivity contribution in [3.63, 3.8) is 0 Å². The number of fused-ring (bicyclic) bond motifs is 2. The van der Waals surface area contributed by atoms with Crippen molar-refractivity contribution in [2.45, 2.75) is 31.5 Å². The molecule has 3 aromatic rings.